The summed E-state index contributed by atoms with van der Waals surface area (Å²) in [6, 6.07) is 24.6. The first kappa shape index (κ1) is 24.0. The highest BCUT2D eigenvalue weighted by Crippen LogP contribution is 2.25. The number of aryl methyl sites for hydroxylation is 1. The average Bonchev–Trinajstić information content (AvgIpc) is 3.25. The molecule has 0 aliphatic heterocycles. The number of fused-ring (bicyclic) bond motifs is 2. The maximum atomic E-state index is 13.3. The van der Waals surface area contributed by atoms with E-state index in [1.165, 1.54) is 12.1 Å². The molecule has 1 heterocycles. The van der Waals surface area contributed by atoms with Crippen molar-refractivity contribution in [1.29, 1.82) is 0 Å². The fraction of sp³-hybridized carbons (Fsp3) is 0.179. The van der Waals surface area contributed by atoms with E-state index in [4.69, 9.17) is 4.52 Å². The molecule has 1 aromatic heterocycles. The third kappa shape index (κ3) is 5.24. The van der Waals surface area contributed by atoms with Gasteiger partial charge in [0.2, 0.25) is 0 Å². The Morgan fingerprint density at radius 2 is 1.75 bits per heavy atom. The van der Waals surface area contributed by atoms with Crippen LogP contribution in [0.2, 0.25) is 0 Å². The number of aromatic nitrogens is 1. The summed E-state index contributed by atoms with van der Waals surface area (Å²) >= 11 is 0. The lowest BCUT2D eigenvalue weighted by Crippen LogP contribution is -2.20. The van der Waals surface area contributed by atoms with Gasteiger partial charge in [0.25, 0.3) is 10.0 Å². The molecule has 0 unspecified atom stereocenters. The van der Waals surface area contributed by atoms with Gasteiger partial charge in [0.05, 0.1) is 10.6 Å². The molecule has 6 nitrogen and oxygen atoms in total. The summed E-state index contributed by atoms with van der Waals surface area (Å²) in [6.45, 7) is 1.47. The summed E-state index contributed by atoms with van der Waals surface area (Å²) in [5, 5.41) is 6.48. The van der Waals surface area contributed by atoms with Gasteiger partial charge < -0.3 is 9.42 Å². The molecular formula is C28H26FN3O3S. The Morgan fingerprint density at radius 1 is 0.944 bits per heavy atom. The molecule has 0 saturated carbocycles. The van der Waals surface area contributed by atoms with Crippen LogP contribution in [-0.4, -0.2) is 32.1 Å². The number of halogens is 1. The Bertz CT molecular complexity index is 1630. The second-order valence-corrected chi connectivity index (χ2v) is 10.5. The van der Waals surface area contributed by atoms with Crippen LogP contribution < -0.4 is 4.72 Å². The van der Waals surface area contributed by atoms with Crippen LogP contribution in [-0.2, 0) is 23.0 Å². The summed E-state index contributed by atoms with van der Waals surface area (Å²) in [4.78, 5) is 2.42. The van der Waals surface area contributed by atoms with Gasteiger partial charge in [-0.25, -0.2) is 12.8 Å². The first-order chi connectivity index (χ1) is 17.4. The smallest absolute Gasteiger partial charge is 0.262 e. The lowest BCUT2D eigenvalue weighted by molar-refractivity contribution is 0.320. The normalized spacial score (nSPS) is 12.0. The molecule has 4 aromatic carbocycles. The standard InChI is InChI=1S/C28H26FN3O3S/c1-32(16-6-12-26-25-15-14-22(29)18-27(25)35-30-26)19-20-7-4-10-23(17-20)31-36(33,34)28-13-5-9-21-8-2-3-11-24(21)28/h2-5,7-11,13-15,17-18,31H,6,12,16,19H2,1H3. The molecule has 184 valence electrons. The van der Waals surface area contributed by atoms with Crippen molar-refractivity contribution in [2.75, 3.05) is 18.3 Å². The van der Waals surface area contributed by atoms with Crippen molar-refractivity contribution >= 4 is 37.5 Å². The number of nitrogens with zero attached hydrogens (tertiary/aromatic N) is 2. The molecule has 5 rings (SSSR count). The van der Waals surface area contributed by atoms with Crippen molar-refractivity contribution in [3.63, 3.8) is 0 Å². The SMILES string of the molecule is CN(CCCc1noc2cc(F)ccc12)Cc1cccc(NS(=O)(=O)c2cccc3ccccc23)c1. The van der Waals surface area contributed by atoms with Gasteiger partial charge in [0, 0.05) is 29.1 Å². The highest BCUT2D eigenvalue weighted by Gasteiger charge is 2.17. The minimum Gasteiger partial charge on any atom is -0.356 e. The minimum absolute atomic E-state index is 0.256. The quantitative estimate of drug-likeness (QED) is 0.268. The second-order valence-electron chi connectivity index (χ2n) is 8.89. The molecule has 36 heavy (non-hydrogen) atoms. The molecule has 0 spiro atoms. The maximum Gasteiger partial charge on any atom is 0.262 e. The van der Waals surface area contributed by atoms with Crippen molar-refractivity contribution in [1.82, 2.24) is 10.1 Å². The van der Waals surface area contributed by atoms with Gasteiger partial charge in [-0.3, -0.25) is 4.72 Å². The van der Waals surface area contributed by atoms with E-state index in [2.05, 4.69) is 14.8 Å². The van der Waals surface area contributed by atoms with Crippen LogP contribution in [0.3, 0.4) is 0 Å². The van der Waals surface area contributed by atoms with Gasteiger partial charge in [-0.2, -0.15) is 0 Å². The molecule has 0 fully saturated rings. The monoisotopic (exact) mass is 503 g/mol. The Kier molecular flexibility index (Phi) is 6.71. The van der Waals surface area contributed by atoms with Crippen molar-refractivity contribution in [3.8, 4) is 0 Å². The second kappa shape index (κ2) is 10.1. The van der Waals surface area contributed by atoms with Crippen molar-refractivity contribution < 1.29 is 17.3 Å². The van der Waals surface area contributed by atoms with Crippen LogP contribution in [0.4, 0.5) is 10.1 Å². The first-order valence-corrected chi connectivity index (χ1v) is 13.2. The minimum atomic E-state index is -3.75. The summed E-state index contributed by atoms with van der Waals surface area (Å²) in [6.07, 6.45) is 1.57. The topological polar surface area (TPSA) is 75.4 Å². The number of anilines is 1. The van der Waals surface area contributed by atoms with Crippen LogP contribution in [0.25, 0.3) is 21.7 Å². The van der Waals surface area contributed by atoms with Crippen LogP contribution in [0, 0.1) is 5.82 Å². The lowest BCUT2D eigenvalue weighted by Gasteiger charge is -2.17. The Labute approximate surface area is 209 Å². The van der Waals surface area contributed by atoms with Gasteiger partial charge in [-0.15, -0.1) is 0 Å². The molecule has 8 heteroatoms. The highest BCUT2D eigenvalue weighted by atomic mass is 32.2. The summed E-state index contributed by atoms with van der Waals surface area (Å²) in [7, 11) is -1.73. The van der Waals surface area contributed by atoms with Crippen molar-refractivity contribution in [2.45, 2.75) is 24.3 Å². The van der Waals surface area contributed by atoms with Crippen LogP contribution in [0.5, 0.6) is 0 Å². The van der Waals surface area contributed by atoms with Gasteiger partial charge >= 0.3 is 0 Å². The molecule has 0 saturated heterocycles. The van der Waals surface area contributed by atoms with Crippen LogP contribution in [0.15, 0.2) is 94.3 Å². The third-order valence-electron chi connectivity index (χ3n) is 6.13. The van der Waals surface area contributed by atoms with Crippen molar-refractivity contribution in [3.05, 3.63) is 102 Å². The highest BCUT2D eigenvalue weighted by molar-refractivity contribution is 7.93. The summed E-state index contributed by atoms with van der Waals surface area (Å²) in [5.74, 6) is -0.341. The zero-order valence-electron chi connectivity index (χ0n) is 19.8. The Morgan fingerprint density at radius 3 is 2.64 bits per heavy atom. The molecule has 0 aliphatic rings. The lowest BCUT2D eigenvalue weighted by atomic mass is 10.1. The van der Waals surface area contributed by atoms with Crippen molar-refractivity contribution in [2.24, 2.45) is 0 Å². The fourth-order valence-electron chi connectivity index (χ4n) is 4.42. The van der Waals surface area contributed by atoms with E-state index in [1.807, 2.05) is 55.6 Å². The van der Waals surface area contributed by atoms with E-state index in [-0.39, 0.29) is 10.7 Å². The maximum absolute atomic E-state index is 13.3. The third-order valence-corrected chi connectivity index (χ3v) is 7.57. The molecule has 0 atom stereocenters. The van der Waals surface area contributed by atoms with Gasteiger partial charge in [-0.05, 0) is 67.7 Å². The molecule has 5 aromatic rings. The molecule has 0 aliphatic carbocycles. The number of sulfonamides is 1. The average molecular weight is 504 g/mol. The molecular weight excluding hydrogens is 477 g/mol. The Balaban J connectivity index is 1.21. The van der Waals surface area contributed by atoms with E-state index < -0.39 is 10.0 Å². The molecule has 1 N–H and O–H groups in total. The number of hydrogen-bond acceptors (Lipinski definition) is 5. The predicted octanol–water partition coefficient (Wildman–Crippen LogP) is 5.99. The van der Waals surface area contributed by atoms with E-state index in [9.17, 15) is 12.8 Å². The Hall–Kier alpha value is -3.75. The molecule has 0 radical (unpaired) electrons. The fourth-order valence-corrected chi connectivity index (χ4v) is 5.70. The van der Waals surface area contributed by atoms with E-state index in [0.29, 0.717) is 29.6 Å². The van der Waals surface area contributed by atoms with Gasteiger partial charge in [0.15, 0.2) is 5.58 Å². The van der Waals surface area contributed by atoms with E-state index >= 15 is 0 Å². The molecule has 0 bridgehead atoms. The van der Waals surface area contributed by atoms with Crippen LogP contribution in [0.1, 0.15) is 17.7 Å². The predicted molar refractivity (Wildman–Crippen MR) is 140 cm³/mol. The number of hydrogen-bond donors (Lipinski definition) is 1. The number of benzene rings is 4. The van der Waals surface area contributed by atoms with Crippen LogP contribution >= 0.6 is 0 Å². The zero-order valence-corrected chi connectivity index (χ0v) is 20.6. The largest absolute Gasteiger partial charge is 0.356 e. The first-order valence-electron chi connectivity index (χ1n) is 11.7. The van der Waals surface area contributed by atoms with Gasteiger partial charge in [-0.1, -0.05) is 53.7 Å². The van der Waals surface area contributed by atoms with E-state index in [1.54, 1.807) is 24.3 Å². The summed E-state index contributed by atoms with van der Waals surface area (Å²) in [5.41, 5.74) is 2.80. The zero-order chi connectivity index (χ0) is 25.1. The van der Waals surface area contributed by atoms with E-state index in [0.717, 1.165) is 35.0 Å². The molecule has 0 amide bonds. The number of rotatable bonds is 9. The summed E-state index contributed by atoms with van der Waals surface area (Å²) < 4.78 is 47.6. The number of nitrogens with one attached hydrogen (secondary N) is 1. The van der Waals surface area contributed by atoms with Gasteiger partial charge in [0.1, 0.15) is 5.82 Å².